The van der Waals surface area contributed by atoms with Crippen molar-refractivity contribution in [2.24, 2.45) is 17.1 Å². The van der Waals surface area contributed by atoms with Gasteiger partial charge in [0.15, 0.2) is 0 Å². The molecule has 2 N–H and O–H groups in total. The van der Waals surface area contributed by atoms with Crippen molar-refractivity contribution in [3.63, 3.8) is 0 Å². The van der Waals surface area contributed by atoms with Gasteiger partial charge in [-0.15, -0.1) is 0 Å². The Morgan fingerprint density at radius 3 is 2.57 bits per heavy atom. The minimum atomic E-state index is -0.332. The predicted molar refractivity (Wildman–Crippen MR) is 85.7 cm³/mol. The fraction of sp³-hybridized carbons (Fsp3) is 0.588. The van der Waals surface area contributed by atoms with E-state index < -0.39 is 0 Å². The second-order valence-corrected chi connectivity index (χ2v) is 6.64. The molecule has 0 fully saturated rings. The molecule has 0 saturated carbocycles. The molecule has 0 saturated heterocycles. The SMILES string of the molecule is CC(CC(=O)N(CCCN)c1cccc(F)c1)C(C)(C)C. The molecule has 1 amide bonds. The lowest BCUT2D eigenvalue weighted by Gasteiger charge is -2.30. The summed E-state index contributed by atoms with van der Waals surface area (Å²) in [5, 5.41) is 0. The first-order chi connectivity index (χ1) is 9.75. The Morgan fingerprint density at radius 1 is 1.38 bits per heavy atom. The normalized spacial score (nSPS) is 13.0. The molecule has 1 atom stereocenters. The molecule has 0 aliphatic rings. The molecule has 0 aliphatic heterocycles. The molecule has 1 rings (SSSR count). The van der Waals surface area contributed by atoms with Gasteiger partial charge in [0.2, 0.25) is 5.91 Å². The van der Waals surface area contributed by atoms with Crippen LogP contribution in [0.2, 0.25) is 0 Å². The van der Waals surface area contributed by atoms with Gasteiger partial charge < -0.3 is 10.6 Å². The van der Waals surface area contributed by atoms with Crippen LogP contribution in [-0.2, 0) is 4.79 Å². The van der Waals surface area contributed by atoms with Crippen LogP contribution < -0.4 is 10.6 Å². The van der Waals surface area contributed by atoms with Crippen LogP contribution in [0, 0.1) is 17.2 Å². The van der Waals surface area contributed by atoms with Crippen molar-refractivity contribution in [2.45, 2.75) is 40.5 Å². The number of nitrogens with zero attached hydrogens (tertiary/aromatic N) is 1. The zero-order valence-electron chi connectivity index (χ0n) is 13.5. The Hall–Kier alpha value is -1.42. The predicted octanol–water partition coefficient (Wildman–Crippen LogP) is 3.58. The summed E-state index contributed by atoms with van der Waals surface area (Å²) in [6.07, 6.45) is 1.15. The Bertz CT molecular complexity index is 468. The lowest BCUT2D eigenvalue weighted by molar-refractivity contribution is -0.120. The molecule has 0 radical (unpaired) electrons. The highest BCUT2D eigenvalue weighted by Crippen LogP contribution is 2.29. The number of nitrogens with two attached hydrogens (primary N) is 1. The molecule has 4 heteroatoms. The number of amides is 1. The largest absolute Gasteiger partial charge is 0.330 e. The topological polar surface area (TPSA) is 46.3 Å². The molecule has 0 aliphatic carbocycles. The van der Waals surface area contributed by atoms with Crippen molar-refractivity contribution in [3.8, 4) is 0 Å². The van der Waals surface area contributed by atoms with Gasteiger partial charge in [-0.25, -0.2) is 4.39 Å². The van der Waals surface area contributed by atoms with Crippen LogP contribution in [0.5, 0.6) is 0 Å². The first kappa shape index (κ1) is 17.6. The molecule has 1 aromatic rings. The van der Waals surface area contributed by atoms with E-state index in [2.05, 4.69) is 27.7 Å². The maximum atomic E-state index is 13.4. The molecule has 3 nitrogen and oxygen atoms in total. The van der Waals surface area contributed by atoms with E-state index in [0.29, 0.717) is 31.6 Å². The van der Waals surface area contributed by atoms with Crippen LogP contribution >= 0.6 is 0 Å². The van der Waals surface area contributed by atoms with Gasteiger partial charge >= 0.3 is 0 Å². The van der Waals surface area contributed by atoms with E-state index in [1.165, 1.54) is 12.1 Å². The van der Waals surface area contributed by atoms with Crippen LogP contribution in [0.3, 0.4) is 0 Å². The lowest BCUT2D eigenvalue weighted by atomic mass is 9.80. The number of hydrogen-bond acceptors (Lipinski definition) is 2. The summed E-state index contributed by atoms with van der Waals surface area (Å²) in [5.74, 6) is -0.0580. The van der Waals surface area contributed by atoms with Crippen LogP contribution in [0.4, 0.5) is 10.1 Å². The molecular formula is C17H27FN2O. The molecule has 0 heterocycles. The summed E-state index contributed by atoms with van der Waals surface area (Å²) in [6, 6.07) is 6.17. The summed E-state index contributed by atoms with van der Waals surface area (Å²) >= 11 is 0. The Morgan fingerprint density at radius 2 is 2.05 bits per heavy atom. The van der Waals surface area contributed by atoms with E-state index in [0.717, 1.165) is 0 Å². The third kappa shape index (κ3) is 5.46. The number of hydrogen-bond donors (Lipinski definition) is 1. The highest BCUT2D eigenvalue weighted by Gasteiger charge is 2.25. The Kier molecular flexibility index (Phi) is 6.34. The van der Waals surface area contributed by atoms with Gasteiger partial charge in [0.05, 0.1) is 0 Å². The van der Waals surface area contributed by atoms with Gasteiger partial charge in [0.1, 0.15) is 5.82 Å². The van der Waals surface area contributed by atoms with E-state index in [9.17, 15) is 9.18 Å². The number of benzene rings is 1. The lowest BCUT2D eigenvalue weighted by Crippen LogP contribution is -2.35. The van der Waals surface area contributed by atoms with E-state index in [1.807, 2.05) is 0 Å². The average molecular weight is 294 g/mol. The maximum absolute atomic E-state index is 13.4. The van der Waals surface area contributed by atoms with Crippen molar-refractivity contribution in [1.82, 2.24) is 0 Å². The zero-order chi connectivity index (χ0) is 16.0. The van der Waals surface area contributed by atoms with Gasteiger partial charge in [-0.3, -0.25) is 4.79 Å². The quantitative estimate of drug-likeness (QED) is 0.871. The summed E-state index contributed by atoms with van der Waals surface area (Å²) in [5.41, 5.74) is 6.22. The number of anilines is 1. The second kappa shape index (κ2) is 7.55. The molecule has 0 aromatic heterocycles. The minimum Gasteiger partial charge on any atom is -0.330 e. The third-order valence-electron chi connectivity index (χ3n) is 3.97. The van der Waals surface area contributed by atoms with Crippen molar-refractivity contribution >= 4 is 11.6 Å². The third-order valence-corrected chi connectivity index (χ3v) is 3.97. The summed E-state index contributed by atoms with van der Waals surface area (Å²) in [4.78, 5) is 14.2. The molecule has 0 spiro atoms. The van der Waals surface area contributed by atoms with Gasteiger partial charge in [-0.1, -0.05) is 33.8 Å². The zero-order valence-corrected chi connectivity index (χ0v) is 13.5. The summed E-state index contributed by atoms with van der Waals surface area (Å²) in [6.45, 7) is 9.47. The van der Waals surface area contributed by atoms with Gasteiger partial charge in [0, 0.05) is 18.7 Å². The van der Waals surface area contributed by atoms with Crippen molar-refractivity contribution in [3.05, 3.63) is 30.1 Å². The van der Waals surface area contributed by atoms with Crippen molar-refractivity contribution in [2.75, 3.05) is 18.0 Å². The average Bonchev–Trinajstić information content (AvgIpc) is 2.38. The molecule has 21 heavy (non-hydrogen) atoms. The first-order valence-corrected chi connectivity index (χ1v) is 7.51. The fourth-order valence-electron chi connectivity index (χ4n) is 1.97. The van der Waals surface area contributed by atoms with E-state index in [-0.39, 0.29) is 23.1 Å². The number of carbonyl (C=O) groups is 1. The molecule has 1 aromatic carbocycles. The van der Waals surface area contributed by atoms with Crippen molar-refractivity contribution in [1.29, 1.82) is 0 Å². The summed E-state index contributed by atoms with van der Waals surface area (Å²) < 4.78 is 13.4. The molecular weight excluding hydrogens is 267 g/mol. The monoisotopic (exact) mass is 294 g/mol. The number of halogens is 1. The minimum absolute atomic E-state index is 0.0245. The highest BCUT2D eigenvalue weighted by molar-refractivity contribution is 5.93. The molecule has 118 valence electrons. The fourth-order valence-corrected chi connectivity index (χ4v) is 1.97. The van der Waals surface area contributed by atoms with Gasteiger partial charge in [0.25, 0.3) is 0 Å². The Balaban J connectivity index is 2.89. The van der Waals surface area contributed by atoms with E-state index >= 15 is 0 Å². The van der Waals surface area contributed by atoms with E-state index in [1.54, 1.807) is 17.0 Å². The van der Waals surface area contributed by atoms with E-state index in [4.69, 9.17) is 5.73 Å². The van der Waals surface area contributed by atoms with Crippen LogP contribution in [0.25, 0.3) is 0 Å². The van der Waals surface area contributed by atoms with Crippen LogP contribution in [-0.4, -0.2) is 19.0 Å². The Labute approximate surface area is 127 Å². The number of rotatable bonds is 6. The van der Waals surface area contributed by atoms with Crippen LogP contribution in [0.1, 0.15) is 40.5 Å². The maximum Gasteiger partial charge on any atom is 0.227 e. The first-order valence-electron chi connectivity index (χ1n) is 7.51. The van der Waals surface area contributed by atoms with Gasteiger partial charge in [-0.2, -0.15) is 0 Å². The van der Waals surface area contributed by atoms with Gasteiger partial charge in [-0.05, 0) is 42.5 Å². The van der Waals surface area contributed by atoms with Crippen molar-refractivity contribution < 1.29 is 9.18 Å². The number of carbonyl (C=O) groups excluding carboxylic acids is 1. The smallest absolute Gasteiger partial charge is 0.227 e. The highest BCUT2D eigenvalue weighted by atomic mass is 19.1. The van der Waals surface area contributed by atoms with Crippen LogP contribution in [0.15, 0.2) is 24.3 Å². The second-order valence-electron chi connectivity index (χ2n) is 6.64. The molecule has 0 bridgehead atoms. The summed E-state index contributed by atoms with van der Waals surface area (Å²) in [7, 11) is 0. The standard InChI is InChI=1S/C17H27FN2O/c1-13(17(2,3)4)11-16(21)20(10-6-9-19)15-8-5-7-14(18)12-15/h5,7-8,12-13H,6,9-11,19H2,1-4H3. The molecule has 1 unspecified atom stereocenters.